The van der Waals surface area contributed by atoms with E-state index in [-0.39, 0.29) is 36.8 Å². The Morgan fingerprint density at radius 1 is 1.26 bits per heavy atom. The lowest BCUT2D eigenvalue weighted by Crippen LogP contribution is -2.42. The standard InChI is InChI=1S/C13H17N3O2.ClH/c17-12(16-11-6-7-14-8-11)9-15-13(18)10-4-2-1-3-5-10;/h1-5,11,14H,6-9H2,(H,15,18)(H,16,17);1H. The van der Waals surface area contributed by atoms with E-state index in [0.29, 0.717) is 5.56 Å². The minimum Gasteiger partial charge on any atom is -0.351 e. The van der Waals surface area contributed by atoms with E-state index in [1.54, 1.807) is 24.3 Å². The number of amides is 2. The van der Waals surface area contributed by atoms with Crippen LogP contribution in [-0.2, 0) is 4.79 Å². The van der Waals surface area contributed by atoms with Gasteiger partial charge in [-0.25, -0.2) is 0 Å². The maximum absolute atomic E-state index is 11.7. The molecule has 1 unspecified atom stereocenters. The Labute approximate surface area is 118 Å². The van der Waals surface area contributed by atoms with Gasteiger partial charge < -0.3 is 16.0 Å². The van der Waals surface area contributed by atoms with Crippen molar-refractivity contribution in [1.82, 2.24) is 16.0 Å². The van der Waals surface area contributed by atoms with E-state index < -0.39 is 0 Å². The largest absolute Gasteiger partial charge is 0.351 e. The third kappa shape index (κ3) is 4.89. The first kappa shape index (κ1) is 15.5. The second-order valence-electron chi connectivity index (χ2n) is 4.31. The molecule has 1 saturated heterocycles. The Hall–Kier alpha value is -1.59. The molecule has 2 amide bonds. The van der Waals surface area contributed by atoms with Crippen LogP contribution in [0.3, 0.4) is 0 Å². The molecule has 0 saturated carbocycles. The zero-order valence-electron chi connectivity index (χ0n) is 10.5. The first-order valence-electron chi connectivity index (χ1n) is 6.09. The van der Waals surface area contributed by atoms with Crippen molar-refractivity contribution < 1.29 is 9.59 Å². The zero-order valence-corrected chi connectivity index (χ0v) is 11.3. The van der Waals surface area contributed by atoms with E-state index >= 15 is 0 Å². The SMILES string of the molecule is Cl.O=C(CNC(=O)c1ccccc1)NC1CCNC1. The Morgan fingerprint density at radius 3 is 2.63 bits per heavy atom. The average Bonchev–Trinajstić information content (AvgIpc) is 2.90. The Bertz CT molecular complexity index is 419. The summed E-state index contributed by atoms with van der Waals surface area (Å²) >= 11 is 0. The molecule has 5 nitrogen and oxygen atoms in total. The van der Waals surface area contributed by atoms with Gasteiger partial charge in [-0.1, -0.05) is 18.2 Å². The second-order valence-corrected chi connectivity index (χ2v) is 4.31. The summed E-state index contributed by atoms with van der Waals surface area (Å²) < 4.78 is 0. The van der Waals surface area contributed by atoms with Gasteiger partial charge in [0.25, 0.3) is 5.91 Å². The topological polar surface area (TPSA) is 70.2 Å². The third-order valence-corrected chi connectivity index (χ3v) is 2.87. The summed E-state index contributed by atoms with van der Waals surface area (Å²) in [5, 5.41) is 8.64. The maximum Gasteiger partial charge on any atom is 0.251 e. The van der Waals surface area contributed by atoms with E-state index in [4.69, 9.17) is 0 Å². The van der Waals surface area contributed by atoms with Crippen LogP contribution in [0.4, 0.5) is 0 Å². The van der Waals surface area contributed by atoms with Crippen molar-refractivity contribution in [2.75, 3.05) is 19.6 Å². The van der Waals surface area contributed by atoms with Gasteiger partial charge in [0.15, 0.2) is 0 Å². The third-order valence-electron chi connectivity index (χ3n) is 2.87. The summed E-state index contributed by atoms with van der Waals surface area (Å²) in [5.41, 5.74) is 0.563. The minimum absolute atomic E-state index is 0. The predicted octanol–water partition coefficient (Wildman–Crippen LogP) is 0.316. The number of hydrogen-bond donors (Lipinski definition) is 3. The van der Waals surface area contributed by atoms with Gasteiger partial charge in [0, 0.05) is 18.2 Å². The van der Waals surface area contributed by atoms with Crippen molar-refractivity contribution in [1.29, 1.82) is 0 Å². The molecule has 19 heavy (non-hydrogen) atoms. The molecule has 6 heteroatoms. The molecule has 1 atom stereocenters. The zero-order chi connectivity index (χ0) is 12.8. The molecule has 1 aliphatic rings. The lowest BCUT2D eigenvalue weighted by Gasteiger charge is -2.11. The van der Waals surface area contributed by atoms with E-state index in [1.165, 1.54) is 0 Å². The summed E-state index contributed by atoms with van der Waals surface area (Å²) in [4.78, 5) is 23.3. The molecule has 0 aliphatic carbocycles. The smallest absolute Gasteiger partial charge is 0.251 e. The van der Waals surface area contributed by atoms with Crippen molar-refractivity contribution >= 4 is 24.2 Å². The number of carbonyl (C=O) groups excluding carboxylic acids is 2. The number of benzene rings is 1. The van der Waals surface area contributed by atoms with E-state index in [9.17, 15) is 9.59 Å². The van der Waals surface area contributed by atoms with E-state index in [2.05, 4.69) is 16.0 Å². The van der Waals surface area contributed by atoms with Gasteiger partial charge in [0.05, 0.1) is 6.54 Å². The van der Waals surface area contributed by atoms with Crippen molar-refractivity contribution in [2.45, 2.75) is 12.5 Å². The van der Waals surface area contributed by atoms with Crippen molar-refractivity contribution in [2.24, 2.45) is 0 Å². The summed E-state index contributed by atoms with van der Waals surface area (Å²) in [7, 11) is 0. The summed E-state index contributed by atoms with van der Waals surface area (Å²) in [6.07, 6.45) is 0.943. The molecule has 2 rings (SSSR count). The van der Waals surface area contributed by atoms with Crippen LogP contribution >= 0.6 is 12.4 Å². The van der Waals surface area contributed by atoms with Crippen LogP contribution in [0, 0.1) is 0 Å². The molecule has 104 valence electrons. The Morgan fingerprint density at radius 2 is 2.00 bits per heavy atom. The molecule has 1 fully saturated rings. The lowest BCUT2D eigenvalue weighted by atomic mass is 10.2. The Balaban J connectivity index is 0.00000180. The molecule has 3 N–H and O–H groups in total. The van der Waals surface area contributed by atoms with Gasteiger partial charge in [0.2, 0.25) is 5.91 Å². The molecular weight excluding hydrogens is 266 g/mol. The second kappa shape index (κ2) is 7.76. The molecular formula is C13H18ClN3O2. The quantitative estimate of drug-likeness (QED) is 0.745. The number of nitrogens with one attached hydrogen (secondary N) is 3. The summed E-state index contributed by atoms with van der Waals surface area (Å²) in [6, 6.07) is 9.04. The van der Waals surface area contributed by atoms with Crippen molar-refractivity contribution in [3.05, 3.63) is 35.9 Å². The molecule has 0 radical (unpaired) electrons. The molecule has 1 aromatic rings. The van der Waals surface area contributed by atoms with E-state index in [0.717, 1.165) is 19.5 Å². The van der Waals surface area contributed by atoms with Gasteiger partial charge in [0.1, 0.15) is 0 Å². The highest BCUT2D eigenvalue weighted by Crippen LogP contribution is 1.98. The highest BCUT2D eigenvalue weighted by molar-refractivity contribution is 5.96. The average molecular weight is 284 g/mol. The fourth-order valence-electron chi connectivity index (χ4n) is 1.91. The molecule has 0 aromatic heterocycles. The van der Waals surface area contributed by atoms with Gasteiger partial charge in [-0.05, 0) is 25.1 Å². The van der Waals surface area contributed by atoms with Gasteiger partial charge in [-0.15, -0.1) is 12.4 Å². The molecule has 1 aromatic carbocycles. The number of hydrogen-bond acceptors (Lipinski definition) is 3. The normalized spacial score (nSPS) is 17.4. The van der Waals surface area contributed by atoms with Crippen LogP contribution in [0.1, 0.15) is 16.8 Å². The number of carbonyl (C=O) groups is 2. The molecule has 1 heterocycles. The van der Waals surface area contributed by atoms with Crippen LogP contribution in [0.25, 0.3) is 0 Å². The first-order valence-corrected chi connectivity index (χ1v) is 6.09. The van der Waals surface area contributed by atoms with Crippen LogP contribution in [-0.4, -0.2) is 37.5 Å². The van der Waals surface area contributed by atoms with Gasteiger partial charge in [-0.3, -0.25) is 9.59 Å². The van der Waals surface area contributed by atoms with Crippen LogP contribution in [0.5, 0.6) is 0 Å². The highest BCUT2D eigenvalue weighted by atomic mass is 35.5. The molecule has 1 aliphatic heterocycles. The van der Waals surface area contributed by atoms with Crippen molar-refractivity contribution in [3.8, 4) is 0 Å². The van der Waals surface area contributed by atoms with E-state index in [1.807, 2.05) is 6.07 Å². The van der Waals surface area contributed by atoms with Gasteiger partial charge in [-0.2, -0.15) is 0 Å². The first-order chi connectivity index (χ1) is 8.75. The Kier molecular flexibility index (Phi) is 6.32. The van der Waals surface area contributed by atoms with Gasteiger partial charge >= 0.3 is 0 Å². The molecule has 0 spiro atoms. The molecule has 0 bridgehead atoms. The lowest BCUT2D eigenvalue weighted by molar-refractivity contribution is -0.120. The minimum atomic E-state index is -0.227. The number of halogens is 1. The maximum atomic E-state index is 11.7. The number of rotatable bonds is 4. The van der Waals surface area contributed by atoms with Crippen LogP contribution in [0.15, 0.2) is 30.3 Å². The van der Waals surface area contributed by atoms with Crippen LogP contribution < -0.4 is 16.0 Å². The summed E-state index contributed by atoms with van der Waals surface area (Å²) in [6.45, 7) is 1.75. The fraction of sp³-hybridized carbons (Fsp3) is 0.385. The van der Waals surface area contributed by atoms with Crippen molar-refractivity contribution in [3.63, 3.8) is 0 Å². The summed E-state index contributed by atoms with van der Waals surface area (Å²) in [5.74, 6) is -0.372. The highest BCUT2D eigenvalue weighted by Gasteiger charge is 2.16. The monoisotopic (exact) mass is 283 g/mol. The fourth-order valence-corrected chi connectivity index (χ4v) is 1.91. The predicted molar refractivity (Wildman–Crippen MR) is 75.4 cm³/mol. The van der Waals surface area contributed by atoms with Crippen LogP contribution in [0.2, 0.25) is 0 Å².